The van der Waals surface area contributed by atoms with Crippen LogP contribution in [-0.4, -0.2) is 51.7 Å². The Morgan fingerprint density at radius 3 is 2.43 bits per heavy atom. The van der Waals surface area contributed by atoms with Crippen molar-refractivity contribution in [3.63, 3.8) is 0 Å². The van der Waals surface area contributed by atoms with E-state index in [1.54, 1.807) is 26.4 Å². The van der Waals surface area contributed by atoms with Gasteiger partial charge < -0.3 is 14.8 Å². The molecular weight excluding hydrogens is 320 g/mol. The summed E-state index contributed by atoms with van der Waals surface area (Å²) < 4.78 is 35.0. The smallest absolute Gasteiger partial charge is 0.235 e. The summed E-state index contributed by atoms with van der Waals surface area (Å²) >= 11 is 0. The van der Waals surface area contributed by atoms with E-state index in [0.29, 0.717) is 18.0 Å². The maximum Gasteiger partial charge on any atom is 0.235 e. The summed E-state index contributed by atoms with van der Waals surface area (Å²) in [6.45, 7) is 0.151. The molecule has 0 spiro atoms. The van der Waals surface area contributed by atoms with Crippen LogP contribution in [0, 0.1) is 0 Å². The first-order valence-corrected chi connectivity index (χ1v) is 9.14. The van der Waals surface area contributed by atoms with Crippen molar-refractivity contribution < 1.29 is 22.7 Å². The minimum Gasteiger partial charge on any atom is -0.493 e. The Balaban J connectivity index is 1.94. The van der Waals surface area contributed by atoms with Crippen LogP contribution < -0.4 is 14.8 Å². The number of methoxy groups -OCH3 is 2. The monoisotopic (exact) mass is 342 g/mol. The number of amides is 1. The van der Waals surface area contributed by atoms with E-state index in [1.807, 2.05) is 6.07 Å². The zero-order valence-corrected chi connectivity index (χ0v) is 14.4. The lowest BCUT2D eigenvalue weighted by Gasteiger charge is -2.18. The van der Waals surface area contributed by atoms with Gasteiger partial charge in [0.1, 0.15) is 0 Å². The first kappa shape index (κ1) is 17.6. The van der Waals surface area contributed by atoms with E-state index in [-0.39, 0.29) is 18.5 Å². The Morgan fingerprint density at radius 1 is 1.26 bits per heavy atom. The van der Waals surface area contributed by atoms with Crippen molar-refractivity contribution in [1.82, 2.24) is 9.62 Å². The first-order valence-electron chi connectivity index (χ1n) is 7.29. The average molecular weight is 342 g/mol. The highest BCUT2D eigenvalue weighted by molar-refractivity contribution is 7.88. The van der Waals surface area contributed by atoms with E-state index in [4.69, 9.17) is 9.47 Å². The van der Waals surface area contributed by atoms with Crippen LogP contribution in [0.25, 0.3) is 0 Å². The van der Waals surface area contributed by atoms with Crippen LogP contribution in [0.3, 0.4) is 0 Å². The van der Waals surface area contributed by atoms with Crippen LogP contribution in [0.2, 0.25) is 0 Å². The van der Waals surface area contributed by atoms with E-state index in [0.717, 1.165) is 24.7 Å². The molecular formula is C15H22N2O5S. The fourth-order valence-electron chi connectivity index (χ4n) is 2.27. The number of carbonyl (C=O) groups is 1. The number of nitrogens with zero attached hydrogens (tertiary/aromatic N) is 1. The molecule has 0 heterocycles. The maximum absolute atomic E-state index is 12.0. The number of benzene rings is 1. The lowest BCUT2D eigenvalue weighted by Crippen LogP contribution is -2.41. The number of hydrogen-bond donors (Lipinski definition) is 1. The highest BCUT2D eigenvalue weighted by atomic mass is 32.2. The van der Waals surface area contributed by atoms with Crippen molar-refractivity contribution in [2.45, 2.75) is 25.4 Å². The molecule has 0 aromatic heterocycles. The Bertz CT molecular complexity index is 670. The second kappa shape index (κ2) is 7.18. The molecule has 8 heteroatoms. The topological polar surface area (TPSA) is 84.9 Å². The van der Waals surface area contributed by atoms with Gasteiger partial charge in [-0.15, -0.1) is 0 Å². The molecule has 1 aromatic rings. The molecule has 1 N–H and O–H groups in total. The van der Waals surface area contributed by atoms with Gasteiger partial charge in [-0.2, -0.15) is 4.31 Å². The van der Waals surface area contributed by atoms with Gasteiger partial charge in [0.25, 0.3) is 0 Å². The minimum atomic E-state index is -3.36. The summed E-state index contributed by atoms with van der Waals surface area (Å²) in [4.78, 5) is 12.0. The molecule has 1 saturated carbocycles. The van der Waals surface area contributed by atoms with Crippen LogP contribution in [0.15, 0.2) is 18.2 Å². The van der Waals surface area contributed by atoms with Crippen LogP contribution in [0.5, 0.6) is 11.5 Å². The highest BCUT2D eigenvalue weighted by Gasteiger charge is 2.36. The number of hydrogen-bond acceptors (Lipinski definition) is 5. The summed E-state index contributed by atoms with van der Waals surface area (Å²) in [5.41, 5.74) is 0.841. The highest BCUT2D eigenvalue weighted by Crippen LogP contribution is 2.29. The zero-order valence-electron chi connectivity index (χ0n) is 13.5. The summed E-state index contributed by atoms with van der Waals surface area (Å²) in [7, 11) is -0.269. The van der Waals surface area contributed by atoms with Crippen molar-refractivity contribution in [3.8, 4) is 11.5 Å². The van der Waals surface area contributed by atoms with Crippen LogP contribution in [0.4, 0.5) is 0 Å². The predicted octanol–water partition coefficient (Wildman–Crippen LogP) is 0.744. The number of ether oxygens (including phenoxy) is 2. The fraction of sp³-hybridized carbons (Fsp3) is 0.533. The molecule has 0 saturated heterocycles. The Kier molecular flexibility index (Phi) is 5.48. The van der Waals surface area contributed by atoms with Crippen molar-refractivity contribution in [2.75, 3.05) is 27.0 Å². The first-order chi connectivity index (χ1) is 10.8. The third kappa shape index (κ3) is 4.84. The third-order valence-electron chi connectivity index (χ3n) is 3.62. The molecule has 1 aliphatic carbocycles. The lowest BCUT2D eigenvalue weighted by molar-refractivity contribution is -0.121. The summed E-state index contributed by atoms with van der Waals surface area (Å²) in [5, 5.41) is 2.73. The largest absolute Gasteiger partial charge is 0.493 e. The van der Waals surface area contributed by atoms with Gasteiger partial charge in [-0.1, -0.05) is 6.07 Å². The van der Waals surface area contributed by atoms with Crippen LogP contribution in [-0.2, 0) is 21.4 Å². The fourth-order valence-corrected chi connectivity index (χ4v) is 3.37. The molecule has 1 aliphatic rings. The molecule has 7 nitrogen and oxygen atoms in total. The van der Waals surface area contributed by atoms with E-state index in [1.165, 1.54) is 4.31 Å². The zero-order chi connectivity index (χ0) is 17.0. The van der Waals surface area contributed by atoms with E-state index < -0.39 is 10.0 Å². The molecule has 0 unspecified atom stereocenters. The molecule has 2 rings (SSSR count). The van der Waals surface area contributed by atoms with Gasteiger partial charge in [0.2, 0.25) is 15.9 Å². The van der Waals surface area contributed by atoms with E-state index >= 15 is 0 Å². The van der Waals surface area contributed by atoms with Gasteiger partial charge in [-0.3, -0.25) is 4.79 Å². The van der Waals surface area contributed by atoms with Gasteiger partial charge in [0, 0.05) is 12.6 Å². The molecule has 0 bridgehead atoms. The maximum atomic E-state index is 12.0. The minimum absolute atomic E-state index is 0.0307. The van der Waals surface area contributed by atoms with Crippen molar-refractivity contribution >= 4 is 15.9 Å². The molecule has 0 atom stereocenters. The average Bonchev–Trinajstić information content (AvgIpc) is 3.33. The summed E-state index contributed by atoms with van der Waals surface area (Å²) in [6.07, 6.45) is 2.76. The van der Waals surface area contributed by atoms with Crippen LogP contribution >= 0.6 is 0 Å². The molecule has 1 aromatic carbocycles. The molecule has 1 amide bonds. The quantitative estimate of drug-likeness (QED) is 0.753. The lowest BCUT2D eigenvalue weighted by atomic mass is 10.2. The van der Waals surface area contributed by atoms with Gasteiger partial charge >= 0.3 is 0 Å². The van der Waals surface area contributed by atoms with Crippen molar-refractivity contribution in [1.29, 1.82) is 0 Å². The molecule has 0 aliphatic heterocycles. The van der Waals surface area contributed by atoms with Crippen molar-refractivity contribution in [2.24, 2.45) is 0 Å². The number of rotatable bonds is 8. The van der Waals surface area contributed by atoms with Crippen molar-refractivity contribution in [3.05, 3.63) is 23.8 Å². The normalized spacial score (nSPS) is 14.6. The van der Waals surface area contributed by atoms with Gasteiger partial charge in [0.15, 0.2) is 11.5 Å². The van der Waals surface area contributed by atoms with E-state index in [2.05, 4.69) is 5.32 Å². The van der Waals surface area contributed by atoms with Crippen LogP contribution in [0.1, 0.15) is 18.4 Å². The van der Waals surface area contributed by atoms with Gasteiger partial charge in [-0.05, 0) is 30.5 Å². The number of nitrogens with one attached hydrogen (secondary N) is 1. The third-order valence-corrected chi connectivity index (χ3v) is 4.90. The molecule has 1 fully saturated rings. The van der Waals surface area contributed by atoms with Gasteiger partial charge in [-0.25, -0.2) is 8.42 Å². The Labute approximate surface area is 136 Å². The molecule has 128 valence electrons. The second-order valence-corrected chi connectivity index (χ2v) is 7.44. The van der Waals surface area contributed by atoms with E-state index in [9.17, 15) is 13.2 Å². The number of sulfonamides is 1. The standard InChI is InChI=1S/C15H22N2O5S/c1-21-13-7-4-11(8-14(13)22-2)9-16-15(18)10-17(12-5-6-12)23(3,19)20/h4,7-8,12H,5-6,9-10H2,1-3H3,(H,16,18). The van der Waals surface area contributed by atoms with Gasteiger partial charge in [0.05, 0.1) is 27.0 Å². The molecule has 23 heavy (non-hydrogen) atoms. The summed E-state index contributed by atoms with van der Waals surface area (Å²) in [6, 6.07) is 5.32. The Morgan fingerprint density at radius 2 is 1.91 bits per heavy atom. The SMILES string of the molecule is COc1ccc(CNC(=O)CN(C2CC2)S(C)(=O)=O)cc1OC. The second-order valence-electron chi connectivity index (χ2n) is 5.51. The predicted molar refractivity (Wildman–Crippen MR) is 86.0 cm³/mol. The Hall–Kier alpha value is -1.80. The summed E-state index contributed by atoms with van der Waals surface area (Å²) in [5.74, 6) is 0.867. The number of carbonyl (C=O) groups excluding carboxylic acids is 1. The molecule has 0 radical (unpaired) electrons.